The minimum absolute atomic E-state index is 0.0113. The number of hydrogen-bond donors (Lipinski definition) is 0. The fourth-order valence-corrected chi connectivity index (χ4v) is 1.28. The molecule has 1 aromatic heterocycles. The molecule has 76 valence electrons. The summed E-state index contributed by atoms with van der Waals surface area (Å²) < 4.78 is 1.60. The molecule has 0 fully saturated rings. The van der Waals surface area contributed by atoms with Crippen LogP contribution in [0.1, 0.15) is 23.8 Å². The molecular formula is C11H11N3O. The second-order valence-corrected chi connectivity index (χ2v) is 3.16. The molecule has 0 aliphatic carbocycles. The van der Waals surface area contributed by atoms with Crippen LogP contribution in [0.3, 0.4) is 0 Å². The lowest BCUT2D eigenvalue weighted by atomic mass is 10.2. The van der Waals surface area contributed by atoms with Gasteiger partial charge in [-0.2, -0.15) is 0 Å². The lowest BCUT2D eigenvalue weighted by Crippen LogP contribution is -1.96. The minimum atomic E-state index is 0.0113. The van der Waals surface area contributed by atoms with Gasteiger partial charge in [-0.15, -0.1) is 5.10 Å². The predicted octanol–water partition coefficient (Wildman–Crippen LogP) is 1.86. The highest BCUT2D eigenvalue weighted by Gasteiger charge is 2.08. The second kappa shape index (κ2) is 4.04. The monoisotopic (exact) mass is 201 g/mol. The highest BCUT2D eigenvalue weighted by molar-refractivity contribution is 5.93. The van der Waals surface area contributed by atoms with Crippen LogP contribution in [0.25, 0.3) is 5.69 Å². The zero-order valence-electron chi connectivity index (χ0n) is 8.42. The Hall–Kier alpha value is -1.97. The summed E-state index contributed by atoms with van der Waals surface area (Å²) in [7, 11) is 0. The number of Topliss-reactive ketones (excluding diaryl/α,β-unsaturated/α-hetero) is 1. The topological polar surface area (TPSA) is 47.8 Å². The molecule has 0 unspecified atom stereocenters. The van der Waals surface area contributed by atoms with Crippen LogP contribution in [0.4, 0.5) is 0 Å². The Morgan fingerprint density at radius 3 is 2.73 bits per heavy atom. The summed E-state index contributed by atoms with van der Waals surface area (Å²) >= 11 is 0. The molecule has 0 radical (unpaired) electrons. The van der Waals surface area contributed by atoms with E-state index in [9.17, 15) is 4.79 Å². The molecule has 0 aliphatic rings. The van der Waals surface area contributed by atoms with Crippen molar-refractivity contribution in [2.45, 2.75) is 13.3 Å². The van der Waals surface area contributed by atoms with Crippen molar-refractivity contribution in [3.05, 3.63) is 42.2 Å². The number of ketones is 1. The zero-order valence-corrected chi connectivity index (χ0v) is 8.42. The van der Waals surface area contributed by atoms with E-state index in [-0.39, 0.29) is 5.78 Å². The number of carbonyl (C=O) groups is 1. The normalized spacial score (nSPS) is 10.2. The minimum Gasteiger partial charge on any atom is -0.292 e. The van der Waals surface area contributed by atoms with Crippen LogP contribution in [-0.2, 0) is 0 Å². The molecule has 1 aromatic carbocycles. The van der Waals surface area contributed by atoms with Gasteiger partial charge in [-0.1, -0.05) is 30.3 Å². The first kappa shape index (κ1) is 9.58. The Kier molecular flexibility index (Phi) is 2.58. The van der Waals surface area contributed by atoms with Gasteiger partial charge in [0.05, 0.1) is 11.9 Å². The van der Waals surface area contributed by atoms with Crippen LogP contribution in [-0.4, -0.2) is 20.8 Å². The lowest BCUT2D eigenvalue weighted by molar-refractivity contribution is 0.0983. The Morgan fingerprint density at radius 2 is 2.07 bits per heavy atom. The first-order valence-electron chi connectivity index (χ1n) is 4.82. The number of para-hydroxylation sites is 1. The van der Waals surface area contributed by atoms with E-state index < -0.39 is 0 Å². The lowest BCUT2D eigenvalue weighted by Gasteiger charge is -1.96. The van der Waals surface area contributed by atoms with E-state index in [0.717, 1.165) is 5.69 Å². The molecule has 0 saturated heterocycles. The Morgan fingerprint density at radius 1 is 1.33 bits per heavy atom. The van der Waals surface area contributed by atoms with Gasteiger partial charge in [0, 0.05) is 6.42 Å². The van der Waals surface area contributed by atoms with Gasteiger partial charge >= 0.3 is 0 Å². The van der Waals surface area contributed by atoms with Crippen molar-refractivity contribution in [2.24, 2.45) is 0 Å². The van der Waals surface area contributed by atoms with Crippen LogP contribution < -0.4 is 0 Å². The van der Waals surface area contributed by atoms with E-state index in [4.69, 9.17) is 0 Å². The molecule has 15 heavy (non-hydrogen) atoms. The van der Waals surface area contributed by atoms with Gasteiger partial charge in [0.15, 0.2) is 5.78 Å². The molecule has 2 rings (SSSR count). The second-order valence-electron chi connectivity index (χ2n) is 3.16. The van der Waals surface area contributed by atoms with Crippen LogP contribution >= 0.6 is 0 Å². The third kappa shape index (κ3) is 1.93. The molecule has 0 atom stereocenters. The predicted molar refractivity (Wildman–Crippen MR) is 56.0 cm³/mol. The molecule has 0 N–H and O–H groups in total. The molecule has 1 heterocycles. The molecule has 2 aromatic rings. The van der Waals surface area contributed by atoms with Crippen molar-refractivity contribution >= 4 is 5.78 Å². The molecule has 0 bridgehead atoms. The van der Waals surface area contributed by atoms with E-state index in [1.807, 2.05) is 37.3 Å². The summed E-state index contributed by atoms with van der Waals surface area (Å²) in [6.45, 7) is 1.81. The van der Waals surface area contributed by atoms with Crippen LogP contribution in [0.15, 0.2) is 36.5 Å². The number of benzene rings is 1. The van der Waals surface area contributed by atoms with Gasteiger partial charge in [-0.3, -0.25) is 4.79 Å². The standard InChI is InChI=1S/C11H11N3O/c1-2-11(15)10-8-14(13-12-10)9-6-4-3-5-7-9/h3-8H,2H2,1H3. The Bertz CT molecular complexity index is 462. The number of aromatic nitrogens is 3. The summed E-state index contributed by atoms with van der Waals surface area (Å²) in [6, 6.07) is 9.58. The van der Waals surface area contributed by atoms with Crippen molar-refractivity contribution in [3.8, 4) is 5.69 Å². The molecule has 0 spiro atoms. The zero-order chi connectivity index (χ0) is 10.7. The first-order chi connectivity index (χ1) is 7.31. The molecular weight excluding hydrogens is 190 g/mol. The third-order valence-electron chi connectivity index (χ3n) is 2.12. The first-order valence-corrected chi connectivity index (χ1v) is 4.82. The molecule has 0 aliphatic heterocycles. The number of rotatable bonds is 3. The number of carbonyl (C=O) groups excluding carboxylic acids is 1. The summed E-state index contributed by atoms with van der Waals surface area (Å²) in [5.41, 5.74) is 1.32. The fraction of sp³-hybridized carbons (Fsp3) is 0.182. The molecule has 0 saturated carbocycles. The van der Waals surface area contributed by atoms with Gasteiger partial charge in [0.2, 0.25) is 0 Å². The maximum absolute atomic E-state index is 11.3. The third-order valence-corrected chi connectivity index (χ3v) is 2.12. The largest absolute Gasteiger partial charge is 0.292 e. The highest BCUT2D eigenvalue weighted by Crippen LogP contribution is 2.06. The molecule has 4 nitrogen and oxygen atoms in total. The van der Waals surface area contributed by atoms with Gasteiger partial charge in [0.25, 0.3) is 0 Å². The van der Waals surface area contributed by atoms with E-state index in [1.165, 1.54) is 0 Å². The summed E-state index contributed by atoms with van der Waals surface area (Å²) in [5.74, 6) is 0.0113. The molecule has 4 heteroatoms. The summed E-state index contributed by atoms with van der Waals surface area (Å²) in [6.07, 6.45) is 2.11. The molecule has 0 amide bonds. The van der Waals surface area contributed by atoms with Crippen LogP contribution in [0.5, 0.6) is 0 Å². The average molecular weight is 201 g/mol. The van der Waals surface area contributed by atoms with Crippen molar-refractivity contribution in [2.75, 3.05) is 0 Å². The summed E-state index contributed by atoms with van der Waals surface area (Å²) in [4.78, 5) is 11.3. The van der Waals surface area contributed by atoms with E-state index in [0.29, 0.717) is 12.1 Å². The van der Waals surface area contributed by atoms with Gasteiger partial charge < -0.3 is 0 Å². The highest BCUT2D eigenvalue weighted by atomic mass is 16.1. The Balaban J connectivity index is 2.32. The number of hydrogen-bond acceptors (Lipinski definition) is 3. The van der Waals surface area contributed by atoms with Gasteiger partial charge in [-0.25, -0.2) is 4.68 Å². The quantitative estimate of drug-likeness (QED) is 0.712. The van der Waals surface area contributed by atoms with E-state index in [2.05, 4.69) is 10.3 Å². The summed E-state index contributed by atoms with van der Waals surface area (Å²) in [5, 5.41) is 7.73. The van der Waals surface area contributed by atoms with E-state index >= 15 is 0 Å². The van der Waals surface area contributed by atoms with E-state index in [1.54, 1.807) is 10.9 Å². The van der Waals surface area contributed by atoms with Crippen molar-refractivity contribution < 1.29 is 4.79 Å². The maximum atomic E-state index is 11.3. The Labute approximate surface area is 87.5 Å². The SMILES string of the molecule is CCC(=O)c1cn(-c2ccccc2)nn1. The van der Waals surface area contributed by atoms with Crippen LogP contribution in [0, 0.1) is 0 Å². The fourth-order valence-electron chi connectivity index (χ4n) is 1.28. The van der Waals surface area contributed by atoms with Crippen LogP contribution in [0.2, 0.25) is 0 Å². The number of nitrogens with zero attached hydrogens (tertiary/aromatic N) is 3. The van der Waals surface area contributed by atoms with Gasteiger partial charge in [-0.05, 0) is 12.1 Å². The maximum Gasteiger partial charge on any atom is 0.184 e. The van der Waals surface area contributed by atoms with Crippen molar-refractivity contribution in [3.63, 3.8) is 0 Å². The average Bonchev–Trinajstić information content (AvgIpc) is 2.78. The van der Waals surface area contributed by atoms with Gasteiger partial charge in [0.1, 0.15) is 5.69 Å². The van der Waals surface area contributed by atoms with Crippen molar-refractivity contribution in [1.29, 1.82) is 0 Å². The van der Waals surface area contributed by atoms with Crippen molar-refractivity contribution in [1.82, 2.24) is 15.0 Å². The smallest absolute Gasteiger partial charge is 0.184 e.